The van der Waals surface area contributed by atoms with E-state index in [1.165, 1.54) is 23.8 Å². The Bertz CT molecular complexity index is 875. The Morgan fingerprint density at radius 3 is 2.40 bits per heavy atom. The summed E-state index contributed by atoms with van der Waals surface area (Å²) in [7, 11) is 0. The Morgan fingerprint density at radius 1 is 1.04 bits per heavy atom. The Labute approximate surface area is 149 Å². The van der Waals surface area contributed by atoms with Crippen LogP contribution in [0.25, 0.3) is 0 Å². The molecule has 126 valence electrons. The molecule has 1 aromatic heterocycles. The normalized spacial score (nSPS) is 10.4. The van der Waals surface area contributed by atoms with E-state index in [1.807, 2.05) is 31.2 Å². The maximum Gasteiger partial charge on any atom is 0.261 e. The van der Waals surface area contributed by atoms with Gasteiger partial charge in [-0.2, -0.15) is 0 Å². The number of benzene rings is 2. The monoisotopic (exact) mass is 355 g/mol. The van der Waals surface area contributed by atoms with Crippen molar-refractivity contribution in [2.75, 3.05) is 10.6 Å². The van der Waals surface area contributed by atoms with Gasteiger partial charge < -0.3 is 10.6 Å². The summed E-state index contributed by atoms with van der Waals surface area (Å²) in [4.78, 5) is 16.3. The number of nitrogens with one attached hydrogen (secondary N) is 2. The molecule has 0 saturated heterocycles. The molecule has 1 amide bonds. The van der Waals surface area contributed by atoms with Gasteiger partial charge in [-0.1, -0.05) is 35.4 Å². The number of anilines is 3. The summed E-state index contributed by atoms with van der Waals surface area (Å²) >= 11 is 5.89. The van der Waals surface area contributed by atoms with E-state index in [2.05, 4.69) is 15.6 Å². The van der Waals surface area contributed by atoms with E-state index in [0.717, 1.165) is 11.4 Å². The maximum atomic E-state index is 13.8. The molecule has 4 nitrogen and oxygen atoms in total. The van der Waals surface area contributed by atoms with Crippen LogP contribution in [-0.4, -0.2) is 10.9 Å². The fourth-order valence-electron chi connectivity index (χ4n) is 2.24. The summed E-state index contributed by atoms with van der Waals surface area (Å²) in [6.07, 6.45) is 1.58. The number of rotatable bonds is 4. The summed E-state index contributed by atoms with van der Waals surface area (Å²) in [5, 5.41) is 5.79. The third kappa shape index (κ3) is 4.14. The predicted octanol–water partition coefficient (Wildman–Crippen LogP) is 5.18. The molecule has 0 saturated carbocycles. The molecule has 2 N–H and O–H groups in total. The molecule has 0 fully saturated rings. The minimum absolute atomic E-state index is 0.0511. The Kier molecular flexibility index (Phi) is 4.95. The van der Waals surface area contributed by atoms with Crippen LogP contribution in [0.4, 0.5) is 21.6 Å². The first-order valence-electron chi connectivity index (χ1n) is 7.58. The Morgan fingerprint density at radius 2 is 1.76 bits per heavy atom. The van der Waals surface area contributed by atoms with E-state index < -0.39 is 11.7 Å². The van der Waals surface area contributed by atoms with Crippen LogP contribution in [0.2, 0.25) is 5.02 Å². The number of halogens is 2. The first-order valence-corrected chi connectivity index (χ1v) is 7.96. The highest BCUT2D eigenvalue weighted by Crippen LogP contribution is 2.21. The first-order chi connectivity index (χ1) is 12.0. The second-order valence-corrected chi connectivity index (χ2v) is 5.88. The van der Waals surface area contributed by atoms with Gasteiger partial charge in [-0.05, 0) is 43.3 Å². The molecular formula is C19H15ClFN3O. The number of nitrogens with zero attached hydrogens (tertiary/aromatic N) is 1. The quantitative estimate of drug-likeness (QED) is 0.678. The zero-order chi connectivity index (χ0) is 17.8. The van der Waals surface area contributed by atoms with Crippen molar-refractivity contribution in [3.05, 3.63) is 82.8 Å². The van der Waals surface area contributed by atoms with Crippen molar-refractivity contribution in [3.8, 4) is 0 Å². The van der Waals surface area contributed by atoms with Gasteiger partial charge in [0.15, 0.2) is 0 Å². The second kappa shape index (κ2) is 7.32. The van der Waals surface area contributed by atoms with Crippen molar-refractivity contribution in [2.24, 2.45) is 0 Å². The smallest absolute Gasteiger partial charge is 0.261 e. The molecule has 2 aromatic carbocycles. The molecule has 3 rings (SSSR count). The molecule has 25 heavy (non-hydrogen) atoms. The van der Waals surface area contributed by atoms with Crippen molar-refractivity contribution in [1.29, 1.82) is 0 Å². The summed E-state index contributed by atoms with van der Waals surface area (Å²) in [5.74, 6) is -1.02. The number of pyridine rings is 1. The van der Waals surface area contributed by atoms with E-state index in [4.69, 9.17) is 11.6 Å². The molecule has 1 heterocycles. The van der Waals surface area contributed by atoms with Gasteiger partial charge in [-0.3, -0.25) is 4.79 Å². The third-order valence-electron chi connectivity index (χ3n) is 3.54. The number of carbonyl (C=O) groups is 1. The number of carbonyl (C=O) groups excluding carboxylic acids is 1. The average molecular weight is 356 g/mol. The van der Waals surface area contributed by atoms with E-state index in [9.17, 15) is 9.18 Å². The number of amides is 1. The highest BCUT2D eigenvalue weighted by Gasteiger charge is 2.16. The van der Waals surface area contributed by atoms with Crippen LogP contribution in [0.1, 0.15) is 15.9 Å². The van der Waals surface area contributed by atoms with Crippen molar-refractivity contribution in [1.82, 2.24) is 4.98 Å². The van der Waals surface area contributed by atoms with Crippen molar-refractivity contribution in [3.63, 3.8) is 0 Å². The van der Waals surface area contributed by atoms with Crippen LogP contribution < -0.4 is 10.6 Å². The summed E-state index contributed by atoms with van der Waals surface area (Å²) in [6.45, 7) is 2.02. The first kappa shape index (κ1) is 16.9. The van der Waals surface area contributed by atoms with Crippen LogP contribution in [0, 0.1) is 12.7 Å². The van der Waals surface area contributed by atoms with Crippen LogP contribution in [-0.2, 0) is 0 Å². The SMILES string of the molecule is Cc1ccc(Nc2ccc(NC(=O)c3c(F)cccc3Cl)nc2)cc1. The molecule has 0 aliphatic heterocycles. The van der Waals surface area contributed by atoms with E-state index in [-0.39, 0.29) is 10.6 Å². The average Bonchev–Trinajstić information content (AvgIpc) is 2.58. The van der Waals surface area contributed by atoms with Gasteiger partial charge in [0.2, 0.25) is 0 Å². The molecule has 0 aliphatic rings. The molecule has 0 aliphatic carbocycles. The molecule has 0 spiro atoms. The lowest BCUT2D eigenvalue weighted by molar-refractivity contribution is 0.102. The highest BCUT2D eigenvalue weighted by atomic mass is 35.5. The zero-order valence-electron chi connectivity index (χ0n) is 13.4. The van der Waals surface area contributed by atoms with Crippen LogP contribution in [0.3, 0.4) is 0 Å². The fourth-order valence-corrected chi connectivity index (χ4v) is 2.49. The lowest BCUT2D eigenvalue weighted by atomic mass is 10.2. The second-order valence-electron chi connectivity index (χ2n) is 5.47. The molecule has 3 aromatic rings. The van der Waals surface area contributed by atoms with Crippen molar-refractivity contribution in [2.45, 2.75) is 6.92 Å². The summed E-state index contributed by atoms with van der Waals surface area (Å²) in [5.41, 5.74) is 2.68. The van der Waals surface area contributed by atoms with Crippen LogP contribution in [0.5, 0.6) is 0 Å². The standard InChI is InChI=1S/C19H15ClFN3O/c1-12-5-7-13(8-6-12)23-14-9-10-17(22-11-14)24-19(25)18-15(20)3-2-4-16(18)21/h2-11,23H,1H3,(H,22,24,25). The molecule has 6 heteroatoms. The lowest BCUT2D eigenvalue weighted by Gasteiger charge is -2.09. The molecule has 0 bridgehead atoms. The highest BCUT2D eigenvalue weighted by molar-refractivity contribution is 6.34. The van der Waals surface area contributed by atoms with Gasteiger partial charge in [0.05, 0.1) is 22.5 Å². The van der Waals surface area contributed by atoms with Gasteiger partial charge in [0, 0.05) is 5.69 Å². The predicted molar refractivity (Wildman–Crippen MR) is 98.1 cm³/mol. The lowest BCUT2D eigenvalue weighted by Crippen LogP contribution is -2.15. The van der Waals surface area contributed by atoms with Crippen LogP contribution >= 0.6 is 11.6 Å². The largest absolute Gasteiger partial charge is 0.354 e. The minimum atomic E-state index is -0.678. The van der Waals surface area contributed by atoms with Gasteiger partial charge in [0.1, 0.15) is 11.6 Å². The summed E-state index contributed by atoms with van der Waals surface area (Å²) < 4.78 is 13.8. The van der Waals surface area contributed by atoms with Crippen LogP contribution in [0.15, 0.2) is 60.8 Å². The van der Waals surface area contributed by atoms with Crippen molar-refractivity contribution >= 4 is 34.7 Å². The Balaban J connectivity index is 1.70. The maximum absolute atomic E-state index is 13.8. The minimum Gasteiger partial charge on any atom is -0.354 e. The summed E-state index contributed by atoms with van der Waals surface area (Å²) in [6, 6.07) is 15.4. The van der Waals surface area contributed by atoms with Crippen molar-refractivity contribution < 1.29 is 9.18 Å². The van der Waals surface area contributed by atoms with Gasteiger partial charge in [-0.25, -0.2) is 9.37 Å². The Hall–Kier alpha value is -2.92. The molecular weight excluding hydrogens is 341 g/mol. The number of hydrogen-bond acceptors (Lipinski definition) is 3. The van der Waals surface area contributed by atoms with Gasteiger partial charge >= 0.3 is 0 Å². The fraction of sp³-hybridized carbons (Fsp3) is 0.0526. The third-order valence-corrected chi connectivity index (χ3v) is 3.85. The molecule has 0 atom stereocenters. The molecule has 0 radical (unpaired) electrons. The topological polar surface area (TPSA) is 54.0 Å². The number of aryl methyl sites for hydroxylation is 1. The van der Waals surface area contributed by atoms with E-state index in [1.54, 1.807) is 18.3 Å². The number of hydrogen-bond donors (Lipinski definition) is 2. The number of aromatic nitrogens is 1. The van der Waals surface area contributed by atoms with E-state index >= 15 is 0 Å². The zero-order valence-corrected chi connectivity index (χ0v) is 14.1. The molecule has 0 unspecified atom stereocenters. The van der Waals surface area contributed by atoms with Gasteiger partial charge in [-0.15, -0.1) is 0 Å². The van der Waals surface area contributed by atoms with E-state index in [0.29, 0.717) is 5.82 Å². The van der Waals surface area contributed by atoms with Gasteiger partial charge in [0.25, 0.3) is 5.91 Å².